The molecule has 5 heteroatoms. The Balaban J connectivity index is 0.995. The van der Waals surface area contributed by atoms with Gasteiger partial charge in [0.25, 0.3) is 0 Å². The van der Waals surface area contributed by atoms with E-state index in [1.165, 1.54) is 11.1 Å². The lowest BCUT2D eigenvalue weighted by atomic mass is 10.0. The van der Waals surface area contributed by atoms with Crippen molar-refractivity contribution in [3.8, 4) is 0 Å². The van der Waals surface area contributed by atoms with Gasteiger partial charge in [-0.25, -0.2) is 0 Å². The van der Waals surface area contributed by atoms with Crippen molar-refractivity contribution in [2.75, 3.05) is 0 Å². The fourth-order valence-corrected chi connectivity index (χ4v) is 4.98. The highest BCUT2D eigenvalue weighted by molar-refractivity contribution is 6.07. The van der Waals surface area contributed by atoms with Gasteiger partial charge in [-0.3, -0.25) is 25.0 Å². The summed E-state index contributed by atoms with van der Waals surface area (Å²) in [6.07, 6.45) is 8.92. The zero-order chi connectivity index (χ0) is 26.7. The molecule has 40 heavy (non-hydrogen) atoms. The fourth-order valence-electron chi connectivity index (χ4n) is 4.98. The van der Waals surface area contributed by atoms with Crippen LogP contribution in [0.1, 0.15) is 33.4 Å². The van der Waals surface area contributed by atoms with Crippen molar-refractivity contribution < 1.29 is 0 Å². The van der Waals surface area contributed by atoms with Gasteiger partial charge in [0.1, 0.15) is 0 Å². The Hall–Kier alpha value is -5.29. The molecule has 4 aromatic carbocycles. The lowest BCUT2D eigenvalue weighted by Gasteiger charge is -2.02. The standard InChI is InChI=1S/C35H25N5/c1-3-7-32-28(5-1)17-34(39-32)26-13-9-24(10-14-26)20-37-30-19-31(23-36-22-30)38-21-25-11-15-27(16-12-25)35-18-29-6-2-4-8-33(29)40-35/h1-16,19-23H,17-18H2. The van der Waals surface area contributed by atoms with Gasteiger partial charge in [0, 0.05) is 25.3 Å². The zero-order valence-electron chi connectivity index (χ0n) is 21.8. The Morgan fingerprint density at radius 2 is 0.975 bits per heavy atom. The molecule has 190 valence electrons. The molecule has 0 unspecified atom stereocenters. The van der Waals surface area contributed by atoms with Crippen LogP contribution in [0.15, 0.2) is 135 Å². The van der Waals surface area contributed by atoms with Crippen LogP contribution in [-0.4, -0.2) is 28.8 Å². The third-order valence-electron chi connectivity index (χ3n) is 7.13. The van der Waals surface area contributed by atoms with Gasteiger partial charge in [-0.2, -0.15) is 0 Å². The minimum atomic E-state index is 0.753. The molecule has 3 heterocycles. The van der Waals surface area contributed by atoms with Crippen LogP contribution in [-0.2, 0) is 12.8 Å². The molecular formula is C35H25N5. The van der Waals surface area contributed by atoms with E-state index >= 15 is 0 Å². The van der Waals surface area contributed by atoms with Crippen molar-refractivity contribution in [3.63, 3.8) is 0 Å². The number of aliphatic imine (C=N–C) groups is 4. The average Bonchev–Trinajstić information content (AvgIpc) is 3.65. The van der Waals surface area contributed by atoms with E-state index in [1.54, 1.807) is 12.4 Å². The number of fused-ring (bicyclic) bond motifs is 2. The highest BCUT2D eigenvalue weighted by atomic mass is 14.8. The van der Waals surface area contributed by atoms with E-state index in [4.69, 9.17) is 9.98 Å². The van der Waals surface area contributed by atoms with Gasteiger partial charge >= 0.3 is 0 Å². The molecule has 7 rings (SSSR count). The molecule has 5 aromatic rings. The first-order valence-electron chi connectivity index (χ1n) is 13.3. The van der Waals surface area contributed by atoms with Crippen molar-refractivity contribution in [2.24, 2.45) is 20.0 Å². The number of hydrogen-bond donors (Lipinski definition) is 0. The molecule has 2 aliphatic rings. The molecule has 0 atom stereocenters. The van der Waals surface area contributed by atoms with E-state index in [-0.39, 0.29) is 0 Å². The molecule has 0 fully saturated rings. The van der Waals surface area contributed by atoms with Gasteiger partial charge in [0.05, 0.1) is 46.6 Å². The second kappa shape index (κ2) is 10.5. The lowest BCUT2D eigenvalue weighted by molar-refractivity contribution is 1.29. The summed E-state index contributed by atoms with van der Waals surface area (Å²) >= 11 is 0. The molecule has 1 aromatic heterocycles. The van der Waals surface area contributed by atoms with Crippen LogP contribution in [0.5, 0.6) is 0 Å². The number of hydrogen-bond acceptors (Lipinski definition) is 5. The van der Waals surface area contributed by atoms with Crippen LogP contribution < -0.4 is 0 Å². The highest BCUT2D eigenvalue weighted by Crippen LogP contribution is 2.29. The molecule has 5 nitrogen and oxygen atoms in total. The van der Waals surface area contributed by atoms with E-state index in [1.807, 2.05) is 30.6 Å². The summed E-state index contributed by atoms with van der Waals surface area (Å²) in [5, 5.41) is 0. The number of para-hydroxylation sites is 2. The first kappa shape index (κ1) is 23.8. The molecule has 0 radical (unpaired) electrons. The zero-order valence-corrected chi connectivity index (χ0v) is 21.8. The molecular weight excluding hydrogens is 490 g/mol. The van der Waals surface area contributed by atoms with Crippen LogP contribution in [0.3, 0.4) is 0 Å². The summed E-state index contributed by atoms with van der Waals surface area (Å²) in [5.74, 6) is 0. The Morgan fingerprint density at radius 3 is 1.43 bits per heavy atom. The summed E-state index contributed by atoms with van der Waals surface area (Å²) < 4.78 is 0. The summed E-state index contributed by atoms with van der Waals surface area (Å²) in [6.45, 7) is 0. The smallest absolute Gasteiger partial charge is 0.0834 e. The van der Waals surface area contributed by atoms with Crippen molar-refractivity contribution in [3.05, 3.63) is 149 Å². The van der Waals surface area contributed by atoms with Gasteiger partial charge in [-0.05, 0) is 51.6 Å². The highest BCUT2D eigenvalue weighted by Gasteiger charge is 2.16. The van der Waals surface area contributed by atoms with Crippen LogP contribution in [0.4, 0.5) is 22.7 Å². The summed E-state index contributed by atoms with van der Waals surface area (Å²) in [7, 11) is 0. The predicted octanol–water partition coefficient (Wildman–Crippen LogP) is 7.94. The third-order valence-corrected chi connectivity index (χ3v) is 7.13. The Labute approximate surface area is 233 Å². The topological polar surface area (TPSA) is 62.3 Å². The van der Waals surface area contributed by atoms with Gasteiger partial charge < -0.3 is 0 Å². The number of nitrogens with zero attached hydrogens (tertiary/aromatic N) is 5. The Morgan fingerprint density at radius 1 is 0.525 bits per heavy atom. The maximum Gasteiger partial charge on any atom is 0.0834 e. The largest absolute Gasteiger partial charge is 0.260 e. The molecule has 0 N–H and O–H groups in total. The fraction of sp³-hybridized carbons (Fsp3) is 0.0571. The monoisotopic (exact) mass is 515 g/mol. The molecule has 2 aliphatic heterocycles. The first-order chi connectivity index (χ1) is 19.8. The third kappa shape index (κ3) is 5.05. The van der Waals surface area contributed by atoms with Gasteiger partial charge in [-0.15, -0.1) is 0 Å². The van der Waals surface area contributed by atoms with Gasteiger partial charge in [-0.1, -0.05) is 84.9 Å². The molecule has 0 amide bonds. The summed E-state index contributed by atoms with van der Waals surface area (Å²) in [6, 6.07) is 35.2. The van der Waals surface area contributed by atoms with E-state index in [9.17, 15) is 0 Å². The SMILES string of the molecule is C(=Nc1cncc(N=Cc2ccc(C3=Nc4ccccc4C3)cc2)c1)c1ccc(C2=Nc3ccccc3C2)cc1. The minimum absolute atomic E-state index is 0.753. The number of rotatable bonds is 6. The molecule has 0 saturated carbocycles. The Kier molecular flexibility index (Phi) is 6.23. The second-order valence-corrected chi connectivity index (χ2v) is 9.89. The van der Waals surface area contributed by atoms with E-state index in [0.717, 1.165) is 69.3 Å². The first-order valence-corrected chi connectivity index (χ1v) is 13.3. The average molecular weight is 516 g/mol. The Bertz CT molecular complexity index is 1690. The van der Waals surface area contributed by atoms with Gasteiger partial charge in [0.15, 0.2) is 0 Å². The number of pyridine rings is 1. The minimum Gasteiger partial charge on any atom is -0.260 e. The maximum absolute atomic E-state index is 4.78. The normalized spacial score (nSPS) is 13.9. The summed E-state index contributed by atoms with van der Waals surface area (Å²) in [5.41, 5.74) is 12.7. The number of aromatic nitrogens is 1. The van der Waals surface area contributed by atoms with Crippen molar-refractivity contribution in [1.82, 2.24) is 4.98 Å². The van der Waals surface area contributed by atoms with Crippen LogP contribution in [0, 0.1) is 0 Å². The molecule has 0 spiro atoms. The summed E-state index contributed by atoms with van der Waals surface area (Å²) in [4.78, 5) is 23.1. The van der Waals surface area contributed by atoms with Crippen LogP contribution in [0.25, 0.3) is 0 Å². The molecule has 0 aliphatic carbocycles. The van der Waals surface area contributed by atoms with Crippen LogP contribution >= 0.6 is 0 Å². The number of benzene rings is 4. The quantitative estimate of drug-likeness (QED) is 0.212. The van der Waals surface area contributed by atoms with E-state index in [2.05, 4.69) is 99.9 Å². The van der Waals surface area contributed by atoms with Gasteiger partial charge in [0.2, 0.25) is 0 Å². The van der Waals surface area contributed by atoms with Crippen molar-refractivity contribution in [1.29, 1.82) is 0 Å². The van der Waals surface area contributed by atoms with E-state index in [0.29, 0.717) is 0 Å². The van der Waals surface area contributed by atoms with Crippen molar-refractivity contribution in [2.45, 2.75) is 12.8 Å². The van der Waals surface area contributed by atoms with E-state index < -0.39 is 0 Å². The van der Waals surface area contributed by atoms with Crippen LogP contribution in [0.2, 0.25) is 0 Å². The molecule has 0 bridgehead atoms. The maximum atomic E-state index is 4.78. The van der Waals surface area contributed by atoms with Crippen molar-refractivity contribution >= 4 is 46.6 Å². The predicted molar refractivity (Wildman–Crippen MR) is 164 cm³/mol. The second-order valence-electron chi connectivity index (χ2n) is 9.89. The lowest BCUT2D eigenvalue weighted by Crippen LogP contribution is -2.00. The molecule has 0 saturated heterocycles.